The van der Waals surface area contributed by atoms with Crippen molar-refractivity contribution in [1.82, 2.24) is 0 Å². The van der Waals surface area contributed by atoms with Crippen molar-refractivity contribution >= 4 is 11.4 Å². The maximum Gasteiger partial charge on any atom is 0.416 e. The highest BCUT2D eigenvalue weighted by atomic mass is 19.4. The van der Waals surface area contributed by atoms with E-state index in [0.29, 0.717) is 24.3 Å². The molecule has 0 bridgehead atoms. The summed E-state index contributed by atoms with van der Waals surface area (Å²) in [5.74, 6) is 0. The molecular weight excluding hydrogens is 374 g/mol. The summed E-state index contributed by atoms with van der Waals surface area (Å²) in [6, 6.07) is 2.40. The van der Waals surface area contributed by atoms with Gasteiger partial charge in [0.2, 0.25) is 0 Å². The van der Waals surface area contributed by atoms with Crippen molar-refractivity contribution in [3.05, 3.63) is 67.8 Å². The molecule has 2 rings (SSSR count). The van der Waals surface area contributed by atoms with Crippen LogP contribution in [-0.4, -0.2) is 9.85 Å². The van der Waals surface area contributed by atoms with Gasteiger partial charge in [0.25, 0.3) is 11.4 Å². The van der Waals surface area contributed by atoms with Crippen molar-refractivity contribution < 1.29 is 36.2 Å². The van der Waals surface area contributed by atoms with Crippen LogP contribution in [0.5, 0.6) is 0 Å². The second kappa shape index (κ2) is 6.28. The topological polar surface area (TPSA) is 86.3 Å². The second-order valence-electron chi connectivity index (χ2n) is 5.05. The normalized spacial score (nSPS) is 12.1. The molecule has 0 radical (unpaired) electrons. The van der Waals surface area contributed by atoms with E-state index in [-0.39, 0.29) is 12.1 Å². The number of nitro benzene ring substituents is 2. The zero-order chi connectivity index (χ0) is 19.9. The van der Waals surface area contributed by atoms with E-state index in [0.717, 1.165) is 0 Å². The predicted octanol–water partition coefficient (Wildman–Crippen LogP) is 5.21. The summed E-state index contributed by atoms with van der Waals surface area (Å²) in [7, 11) is 0. The van der Waals surface area contributed by atoms with Crippen molar-refractivity contribution in [2.45, 2.75) is 12.4 Å². The van der Waals surface area contributed by atoms with Crippen molar-refractivity contribution in [1.29, 1.82) is 0 Å². The van der Waals surface area contributed by atoms with Crippen LogP contribution in [-0.2, 0) is 12.4 Å². The molecule has 0 atom stereocenters. The number of hydrogen-bond acceptors (Lipinski definition) is 4. The molecule has 0 aromatic heterocycles. The molecule has 0 aliphatic carbocycles. The summed E-state index contributed by atoms with van der Waals surface area (Å²) in [5, 5.41) is 21.6. The standard InChI is InChI=1S/C14H6F6N2O4/c15-13(16,17)9-1-7(3-11(5-9)21(23)24)8-2-10(14(18,19)20)6-12(4-8)22(25)26/h1-6H. The first-order valence-corrected chi connectivity index (χ1v) is 6.53. The fraction of sp³-hybridized carbons (Fsp3) is 0.143. The Morgan fingerprint density at radius 3 is 1.15 bits per heavy atom. The summed E-state index contributed by atoms with van der Waals surface area (Å²) in [6.45, 7) is 0. The average Bonchev–Trinajstić information content (AvgIpc) is 2.52. The number of rotatable bonds is 3. The first kappa shape index (κ1) is 19.1. The molecule has 2 aromatic carbocycles. The lowest BCUT2D eigenvalue weighted by molar-refractivity contribution is -0.385. The third-order valence-corrected chi connectivity index (χ3v) is 3.25. The lowest BCUT2D eigenvalue weighted by atomic mass is 9.99. The molecule has 0 amide bonds. The zero-order valence-corrected chi connectivity index (χ0v) is 12.3. The summed E-state index contributed by atoms with van der Waals surface area (Å²) in [4.78, 5) is 19.3. The molecule has 0 heterocycles. The third kappa shape index (κ3) is 4.07. The number of non-ortho nitro benzene ring substituents is 2. The van der Waals surface area contributed by atoms with Gasteiger partial charge in [0, 0.05) is 24.3 Å². The maximum atomic E-state index is 12.9. The molecular formula is C14H6F6N2O4. The third-order valence-electron chi connectivity index (χ3n) is 3.25. The van der Waals surface area contributed by atoms with Gasteiger partial charge in [-0.3, -0.25) is 20.2 Å². The van der Waals surface area contributed by atoms with Gasteiger partial charge in [-0.1, -0.05) is 0 Å². The van der Waals surface area contributed by atoms with Gasteiger partial charge in [-0.2, -0.15) is 26.3 Å². The highest BCUT2D eigenvalue weighted by molar-refractivity contribution is 5.70. The minimum atomic E-state index is -5.01. The van der Waals surface area contributed by atoms with E-state index in [9.17, 15) is 46.6 Å². The number of hydrogen-bond donors (Lipinski definition) is 0. The van der Waals surface area contributed by atoms with Gasteiger partial charge >= 0.3 is 12.4 Å². The summed E-state index contributed by atoms with van der Waals surface area (Å²) in [5.41, 5.74) is -6.20. The van der Waals surface area contributed by atoms with Crippen LogP contribution < -0.4 is 0 Å². The van der Waals surface area contributed by atoms with E-state index >= 15 is 0 Å². The number of nitrogens with zero attached hydrogens (tertiary/aromatic N) is 2. The van der Waals surface area contributed by atoms with Crippen molar-refractivity contribution in [3.8, 4) is 11.1 Å². The number of alkyl halides is 6. The Labute approximate surface area is 140 Å². The zero-order valence-electron chi connectivity index (χ0n) is 12.3. The Bertz CT molecular complexity index is 818. The molecule has 0 saturated heterocycles. The summed E-state index contributed by atoms with van der Waals surface area (Å²) in [6.07, 6.45) is -10.0. The molecule has 0 spiro atoms. The molecule has 0 saturated carbocycles. The fourth-order valence-corrected chi connectivity index (χ4v) is 2.09. The largest absolute Gasteiger partial charge is 0.416 e. The van der Waals surface area contributed by atoms with Gasteiger partial charge in [-0.25, -0.2) is 0 Å². The molecule has 0 aliphatic rings. The van der Waals surface area contributed by atoms with Crippen LogP contribution in [0, 0.1) is 20.2 Å². The van der Waals surface area contributed by atoms with Gasteiger partial charge in [0.05, 0.1) is 21.0 Å². The maximum absolute atomic E-state index is 12.9. The Balaban J connectivity index is 2.78. The van der Waals surface area contributed by atoms with Crippen LogP contribution in [0.3, 0.4) is 0 Å². The van der Waals surface area contributed by atoms with Crippen LogP contribution in [0.4, 0.5) is 37.7 Å². The Morgan fingerprint density at radius 2 is 0.923 bits per heavy atom. The molecule has 26 heavy (non-hydrogen) atoms. The first-order valence-electron chi connectivity index (χ1n) is 6.53. The number of nitro groups is 2. The van der Waals surface area contributed by atoms with E-state index in [1.165, 1.54) is 0 Å². The molecule has 0 aliphatic heterocycles. The number of halogens is 6. The van der Waals surface area contributed by atoms with Gasteiger partial charge in [-0.05, 0) is 23.3 Å². The highest BCUT2D eigenvalue weighted by Gasteiger charge is 2.35. The van der Waals surface area contributed by atoms with E-state index in [2.05, 4.69) is 0 Å². The summed E-state index contributed by atoms with van der Waals surface area (Å²) >= 11 is 0. The minimum absolute atomic E-state index is 0.214. The number of benzene rings is 2. The first-order chi connectivity index (χ1) is 11.8. The SMILES string of the molecule is O=[N+]([O-])c1cc(-c2cc([N+](=O)[O-])cc(C(F)(F)F)c2)cc(C(F)(F)F)c1. The monoisotopic (exact) mass is 380 g/mol. The van der Waals surface area contributed by atoms with Gasteiger partial charge in [0.15, 0.2) is 0 Å². The van der Waals surface area contributed by atoms with Gasteiger partial charge in [-0.15, -0.1) is 0 Å². The molecule has 12 heteroatoms. The minimum Gasteiger partial charge on any atom is -0.258 e. The van der Waals surface area contributed by atoms with E-state index in [1.807, 2.05) is 0 Å². The van der Waals surface area contributed by atoms with Crippen LogP contribution in [0.1, 0.15) is 11.1 Å². The molecule has 138 valence electrons. The van der Waals surface area contributed by atoms with Gasteiger partial charge in [0.1, 0.15) is 0 Å². The van der Waals surface area contributed by atoms with Crippen LogP contribution in [0.2, 0.25) is 0 Å². The second-order valence-corrected chi connectivity index (χ2v) is 5.05. The Kier molecular flexibility index (Phi) is 4.62. The Morgan fingerprint density at radius 1 is 0.615 bits per heavy atom. The van der Waals surface area contributed by atoms with E-state index < -0.39 is 55.8 Å². The predicted molar refractivity (Wildman–Crippen MR) is 75.2 cm³/mol. The highest BCUT2D eigenvalue weighted by Crippen LogP contribution is 2.39. The fourth-order valence-electron chi connectivity index (χ4n) is 2.09. The smallest absolute Gasteiger partial charge is 0.258 e. The average molecular weight is 380 g/mol. The lowest BCUT2D eigenvalue weighted by Gasteiger charge is -2.12. The van der Waals surface area contributed by atoms with Crippen LogP contribution in [0.25, 0.3) is 11.1 Å². The Hall–Kier alpha value is -3.18. The van der Waals surface area contributed by atoms with Gasteiger partial charge < -0.3 is 0 Å². The lowest BCUT2D eigenvalue weighted by Crippen LogP contribution is -2.07. The molecule has 0 N–H and O–H groups in total. The summed E-state index contributed by atoms with van der Waals surface area (Å²) < 4.78 is 77.4. The van der Waals surface area contributed by atoms with Crippen molar-refractivity contribution in [3.63, 3.8) is 0 Å². The van der Waals surface area contributed by atoms with Crippen LogP contribution >= 0.6 is 0 Å². The molecule has 2 aromatic rings. The molecule has 0 unspecified atom stereocenters. The molecule has 0 fully saturated rings. The molecule has 6 nitrogen and oxygen atoms in total. The van der Waals surface area contributed by atoms with Crippen LogP contribution in [0.15, 0.2) is 36.4 Å². The van der Waals surface area contributed by atoms with E-state index in [4.69, 9.17) is 0 Å². The quantitative estimate of drug-likeness (QED) is 0.416. The van der Waals surface area contributed by atoms with Crippen molar-refractivity contribution in [2.75, 3.05) is 0 Å². The van der Waals surface area contributed by atoms with Crippen molar-refractivity contribution in [2.24, 2.45) is 0 Å². The van der Waals surface area contributed by atoms with E-state index in [1.54, 1.807) is 0 Å².